The van der Waals surface area contributed by atoms with Crippen molar-refractivity contribution in [1.29, 1.82) is 0 Å². The Morgan fingerprint density at radius 3 is 2.76 bits per heavy atom. The highest BCUT2D eigenvalue weighted by Crippen LogP contribution is 2.24. The van der Waals surface area contributed by atoms with Crippen LogP contribution in [-0.2, 0) is 0 Å². The number of rotatable bonds is 1. The summed E-state index contributed by atoms with van der Waals surface area (Å²) in [5.74, 6) is -0.0933. The molecule has 0 fully saturated rings. The van der Waals surface area contributed by atoms with Gasteiger partial charge in [-0.3, -0.25) is 5.10 Å². The zero-order chi connectivity index (χ0) is 12.4. The molecular formula is C10H13N7. The van der Waals surface area contributed by atoms with Crippen molar-refractivity contribution in [1.82, 2.24) is 10.2 Å². The molecule has 17 heavy (non-hydrogen) atoms. The molecule has 0 saturated heterocycles. The number of benzene rings is 1. The van der Waals surface area contributed by atoms with Crippen LogP contribution in [0.1, 0.15) is 5.56 Å². The molecule has 88 valence electrons. The molecule has 0 unspecified atom stereocenters. The van der Waals surface area contributed by atoms with Gasteiger partial charge in [-0.1, -0.05) is 0 Å². The van der Waals surface area contributed by atoms with E-state index >= 15 is 0 Å². The maximum Gasteiger partial charge on any atom is 0.223 e. The molecule has 1 aromatic heterocycles. The van der Waals surface area contributed by atoms with Crippen LogP contribution in [0, 0.1) is 6.92 Å². The van der Waals surface area contributed by atoms with Gasteiger partial charge in [0.25, 0.3) is 0 Å². The highest BCUT2D eigenvalue weighted by Gasteiger charge is 2.02. The molecule has 0 aliphatic carbocycles. The quantitative estimate of drug-likeness (QED) is 0.409. The zero-order valence-electron chi connectivity index (χ0n) is 9.31. The number of nitrogens with one attached hydrogen (secondary N) is 1. The standard InChI is InChI=1S/C10H13N7/c1-5-2-8-6(4-14-17-8)3-7(5)15-10(13)16-9(11)12/h2-4H,1H3,(H,14,17)(H6,11,12,13,15,16). The summed E-state index contributed by atoms with van der Waals surface area (Å²) in [5.41, 5.74) is 18.6. The Balaban J connectivity index is 2.48. The molecule has 1 aromatic carbocycles. The maximum absolute atomic E-state index is 5.57. The Bertz CT molecular complexity index is 604. The molecule has 0 atom stereocenters. The Morgan fingerprint density at radius 1 is 1.29 bits per heavy atom. The number of hydrogen-bond acceptors (Lipinski definition) is 2. The lowest BCUT2D eigenvalue weighted by molar-refractivity contribution is 1.12. The van der Waals surface area contributed by atoms with Crippen molar-refractivity contribution in [2.24, 2.45) is 27.2 Å². The summed E-state index contributed by atoms with van der Waals surface area (Å²) in [7, 11) is 0. The van der Waals surface area contributed by atoms with E-state index in [4.69, 9.17) is 17.2 Å². The fourth-order valence-electron chi connectivity index (χ4n) is 1.49. The van der Waals surface area contributed by atoms with Crippen LogP contribution in [0.15, 0.2) is 28.3 Å². The molecule has 0 aliphatic heterocycles. The van der Waals surface area contributed by atoms with Crippen LogP contribution in [0.4, 0.5) is 5.69 Å². The number of aliphatic imine (C=N–C) groups is 2. The van der Waals surface area contributed by atoms with Gasteiger partial charge in [0.2, 0.25) is 5.96 Å². The molecule has 0 aliphatic rings. The van der Waals surface area contributed by atoms with Crippen LogP contribution >= 0.6 is 0 Å². The molecule has 2 rings (SSSR count). The monoisotopic (exact) mass is 231 g/mol. The van der Waals surface area contributed by atoms with E-state index in [2.05, 4.69) is 20.2 Å². The molecule has 0 bridgehead atoms. The predicted molar refractivity (Wildman–Crippen MR) is 67.9 cm³/mol. The second kappa shape index (κ2) is 4.12. The van der Waals surface area contributed by atoms with E-state index in [9.17, 15) is 0 Å². The molecule has 0 saturated carbocycles. The lowest BCUT2D eigenvalue weighted by atomic mass is 10.1. The summed E-state index contributed by atoms with van der Waals surface area (Å²) in [6.07, 6.45) is 1.71. The van der Waals surface area contributed by atoms with E-state index in [-0.39, 0.29) is 11.9 Å². The molecule has 1 heterocycles. The van der Waals surface area contributed by atoms with Crippen molar-refractivity contribution in [3.63, 3.8) is 0 Å². The highest BCUT2D eigenvalue weighted by molar-refractivity contribution is 5.94. The van der Waals surface area contributed by atoms with Crippen molar-refractivity contribution in [2.45, 2.75) is 6.92 Å². The largest absolute Gasteiger partial charge is 0.370 e. The molecule has 0 radical (unpaired) electrons. The van der Waals surface area contributed by atoms with Gasteiger partial charge in [0.15, 0.2) is 5.96 Å². The summed E-state index contributed by atoms with van der Waals surface area (Å²) in [4.78, 5) is 7.79. The second-order valence-corrected chi connectivity index (χ2v) is 3.60. The van der Waals surface area contributed by atoms with Gasteiger partial charge in [-0.15, -0.1) is 0 Å². The van der Waals surface area contributed by atoms with Crippen molar-refractivity contribution < 1.29 is 0 Å². The number of aryl methyl sites for hydroxylation is 1. The molecule has 7 N–H and O–H groups in total. The van der Waals surface area contributed by atoms with Gasteiger partial charge < -0.3 is 17.2 Å². The van der Waals surface area contributed by atoms with Crippen LogP contribution in [0.25, 0.3) is 10.9 Å². The van der Waals surface area contributed by atoms with E-state index < -0.39 is 0 Å². The van der Waals surface area contributed by atoms with Gasteiger partial charge >= 0.3 is 0 Å². The van der Waals surface area contributed by atoms with E-state index in [0.717, 1.165) is 16.5 Å². The first-order chi connectivity index (χ1) is 8.06. The fraction of sp³-hybridized carbons (Fsp3) is 0.100. The van der Waals surface area contributed by atoms with E-state index in [1.54, 1.807) is 6.20 Å². The van der Waals surface area contributed by atoms with Gasteiger partial charge in [-0.2, -0.15) is 10.1 Å². The summed E-state index contributed by atoms with van der Waals surface area (Å²) >= 11 is 0. The average Bonchev–Trinajstić information content (AvgIpc) is 2.63. The van der Waals surface area contributed by atoms with E-state index in [0.29, 0.717) is 5.69 Å². The molecule has 2 aromatic rings. The third-order valence-electron chi connectivity index (χ3n) is 2.24. The maximum atomic E-state index is 5.57. The predicted octanol–water partition coefficient (Wildman–Crippen LogP) is 0.0909. The van der Waals surface area contributed by atoms with E-state index in [1.807, 2.05) is 19.1 Å². The lowest BCUT2D eigenvalue weighted by Gasteiger charge is -2.01. The van der Waals surface area contributed by atoms with Crippen LogP contribution in [-0.4, -0.2) is 22.1 Å². The third kappa shape index (κ3) is 2.33. The minimum Gasteiger partial charge on any atom is -0.370 e. The minimum absolute atomic E-state index is 0.0240. The van der Waals surface area contributed by atoms with Gasteiger partial charge in [0.05, 0.1) is 17.4 Å². The Labute approximate surface area is 97.4 Å². The van der Waals surface area contributed by atoms with E-state index in [1.165, 1.54) is 0 Å². The first-order valence-corrected chi connectivity index (χ1v) is 4.94. The Kier molecular flexibility index (Phi) is 2.65. The van der Waals surface area contributed by atoms with Gasteiger partial charge in [-0.25, -0.2) is 4.99 Å². The molecule has 7 heteroatoms. The van der Waals surface area contributed by atoms with Crippen LogP contribution < -0.4 is 17.2 Å². The fourth-order valence-corrected chi connectivity index (χ4v) is 1.49. The number of aromatic amines is 1. The lowest BCUT2D eigenvalue weighted by Crippen LogP contribution is -2.26. The summed E-state index contributed by atoms with van der Waals surface area (Å²) in [6, 6.07) is 3.80. The normalized spacial score (nSPS) is 11.7. The number of H-pyrrole nitrogens is 1. The van der Waals surface area contributed by atoms with Crippen LogP contribution in [0.5, 0.6) is 0 Å². The number of nitrogens with two attached hydrogens (primary N) is 3. The first kappa shape index (κ1) is 10.9. The smallest absolute Gasteiger partial charge is 0.223 e. The van der Waals surface area contributed by atoms with Crippen molar-refractivity contribution >= 4 is 28.5 Å². The topological polar surface area (TPSA) is 131 Å². The van der Waals surface area contributed by atoms with Gasteiger partial charge in [0, 0.05) is 5.39 Å². The average molecular weight is 231 g/mol. The number of fused-ring (bicyclic) bond motifs is 1. The SMILES string of the molecule is Cc1cc2[nH]ncc2cc1N=C(N)N=C(N)N. The number of nitrogens with zero attached hydrogens (tertiary/aromatic N) is 3. The van der Waals surface area contributed by atoms with Crippen molar-refractivity contribution in [2.75, 3.05) is 0 Å². The van der Waals surface area contributed by atoms with Crippen LogP contribution in [0.2, 0.25) is 0 Å². The molecule has 0 spiro atoms. The Morgan fingerprint density at radius 2 is 2.06 bits per heavy atom. The zero-order valence-corrected chi connectivity index (χ0v) is 9.31. The van der Waals surface area contributed by atoms with Crippen molar-refractivity contribution in [3.8, 4) is 0 Å². The second-order valence-electron chi connectivity index (χ2n) is 3.60. The van der Waals surface area contributed by atoms with Crippen LogP contribution in [0.3, 0.4) is 0 Å². The summed E-state index contributed by atoms with van der Waals surface area (Å²) in [5, 5.41) is 7.77. The summed E-state index contributed by atoms with van der Waals surface area (Å²) < 4.78 is 0. The Hall–Kier alpha value is -2.57. The number of aromatic nitrogens is 2. The molecule has 7 nitrogen and oxygen atoms in total. The van der Waals surface area contributed by atoms with Gasteiger partial charge in [-0.05, 0) is 24.6 Å². The number of hydrogen-bond donors (Lipinski definition) is 4. The third-order valence-corrected chi connectivity index (χ3v) is 2.24. The first-order valence-electron chi connectivity index (χ1n) is 4.94. The minimum atomic E-state index is -0.117. The van der Waals surface area contributed by atoms with Crippen molar-refractivity contribution in [3.05, 3.63) is 23.9 Å². The molecule has 0 amide bonds. The number of guanidine groups is 2. The highest BCUT2D eigenvalue weighted by atomic mass is 15.1. The van der Waals surface area contributed by atoms with Gasteiger partial charge in [0.1, 0.15) is 0 Å². The summed E-state index contributed by atoms with van der Waals surface area (Å²) in [6.45, 7) is 1.92. The molecular weight excluding hydrogens is 218 g/mol.